The van der Waals surface area contributed by atoms with E-state index in [9.17, 15) is 34.8 Å². The molecule has 1 atom stereocenters. The van der Waals surface area contributed by atoms with Gasteiger partial charge >= 0.3 is 5.51 Å². The topological polar surface area (TPSA) is 120 Å². The van der Waals surface area contributed by atoms with E-state index in [4.69, 9.17) is 16.3 Å². The number of benzene rings is 4. The molecule has 18 heteroatoms. The molecular formula is C48H57ClF3N5O6S3. The van der Waals surface area contributed by atoms with E-state index in [1.807, 2.05) is 42.5 Å². The number of Topliss-reactive ketones (excluding diaryl/α,β-unsaturated/α-hetero) is 1. The van der Waals surface area contributed by atoms with Crippen molar-refractivity contribution in [2.24, 2.45) is 0 Å². The number of hydrogen-bond acceptors (Lipinski definition) is 12. The van der Waals surface area contributed by atoms with E-state index in [2.05, 4.69) is 50.9 Å². The molecule has 0 saturated carbocycles. The number of carbonyl (C=O) groups excluding carboxylic acids is 1. The van der Waals surface area contributed by atoms with Crippen molar-refractivity contribution >= 4 is 65.8 Å². The SMILES string of the molecule is CC(C)N1CCC(c2ccc(Cl)cc2)=C(CN2CCN(c3ccc(C(=O)CS(=O)(=O)c4ccc(N[C@H](CCN5CCOCC5)CSc5ccccc5)c(S(=O)(=O)C(F)(F)F)c4)cc3)CC2)C1. The number of piperazine rings is 1. The Balaban J connectivity index is 1.02. The largest absolute Gasteiger partial charge is 0.501 e. The number of nitrogens with zero attached hydrogens (tertiary/aromatic N) is 4. The molecule has 1 N–H and O–H groups in total. The number of morpholine rings is 1. The first-order valence-electron chi connectivity index (χ1n) is 22.2. The van der Waals surface area contributed by atoms with Crippen LogP contribution in [0.25, 0.3) is 5.57 Å². The van der Waals surface area contributed by atoms with Gasteiger partial charge in [0.05, 0.1) is 23.8 Å². The van der Waals surface area contributed by atoms with Crippen molar-refractivity contribution in [1.82, 2.24) is 14.7 Å². The Kier molecular flexibility index (Phi) is 16.6. The van der Waals surface area contributed by atoms with Gasteiger partial charge in [0, 0.05) is 104 Å². The van der Waals surface area contributed by atoms with Crippen LogP contribution in [-0.2, 0) is 24.4 Å². The second-order valence-corrected chi connectivity index (χ2v) is 22.6. The van der Waals surface area contributed by atoms with Crippen molar-refractivity contribution in [3.05, 3.63) is 119 Å². The molecule has 4 aromatic rings. The molecular weight excluding hydrogens is 931 g/mol. The lowest BCUT2D eigenvalue weighted by Crippen LogP contribution is -2.48. The fraction of sp³-hybridized carbons (Fsp3) is 0.438. The Morgan fingerprint density at radius 2 is 1.52 bits per heavy atom. The molecule has 2 saturated heterocycles. The number of alkyl halides is 3. The van der Waals surface area contributed by atoms with Crippen molar-refractivity contribution in [3.63, 3.8) is 0 Å². The van der Waals surface area contributed by atoms with Crippen molar-refractivity contribution < 1.29 is 39.5 Å². The van der Waals surface area contributed by atoms with Gasteiger partial charge in [-0.25, -0.2) is 16.8 Å². The van der Waals surface area contributed by atoms with Gasteiger partial charge in [0.1, 0.15) is 10.6 Å². The number of ether oxygens (including phenoxy) is 1. The quantitative estimate of drug-likeness (QED) is 0.0764. The predicted molar refractivity (Wildman–Crippen MR) is 257 cm³/mol. The molecule has 4 aromatic carbocycles. The first-order valence-corrected chi connectivity index (χ1v) is 26.7. The van der Waals surface area contributed by atoms with Gasteiger partial charge in [0.15, 0.2) is 15.6 Å². The minimum absolute atomic E-state index is 0.107. The third-order valence-corrected chi connectivity index (χ3v) is 17.0. The summed E-state index contributed by atoms with van der Waals surface area (Å²) in [6.45, 7) is 13.4. The van der Waals surface area contributed by atoms with Crippen LogP contribution >= 0.6 is 23.4 Å². The third kappa shape index (κ3) is 12.8. The molecule has 0 aliphatic carbocycles. The van der Waals surface area contributed by atoms with E-state index in [1.54, 1.807) is 24.3 Å². The maximum atomic E-state index is 14.2. The van der Waals surface area contributed by atoms with E-state index in [0.29, 0.717) is 62.2 Å². The van der Waals surface area contributed by atoms with Gasteiger partial charge in [0.2, 0.25) is 0 Å². The highest BCUT2D eigenvalue weighted by atomic mass is 35.5. The van der Waals surface area contributed by atoms with E-state index < -0.39 is 52.6 Å². The second kappa shape index (κ2) is 22.0. The Morgan fingerprint density at radius 1 is 0.833 bits per heavy atom. The molecule has 11 nitrogen and oxygen atoms in total. The lowest BCUT2D eigenvalue weighted by Gasteiger charge is -2.39. The van der Waals surface area contributed by atoms with Gasteiger partial charge in [-0.2, -0.15) is 13.2 Å². The number of hydrogen-bond donors (Lipinski definition) is 1. The summed E-state index contributed by atoms with van der Waals surface area (Å²) in [5.41, 5.74) is -1.13. The van der Waals surface area contributed by atoms with E-state index in [-0.39, 0.29) is 11.3 Å². The Morgan fingerprint density at radius 3 is 2.17 bits per heavy atom. The summed E-state index contributed by atoms with van der Waals surface area (Å²) in [6, 6.07) is 26.6. The Bertz CT molecular complexity index is 2540. The number of anilines is 2. The van der Waals surface area contributed by atoms with Crippen LogP contribution in [0, 0.1) is 0 Å². The van der Waals surface area contributed by atoms with E-state index in [0.717, 1.165) is 74.9 Å². The number of rotatable bonds is 18. The third-order valence-electron chi connectivity index (χ3n) is 12.4. The molecule has 3 heterocycles. The first kappa shape index (κ1) is 50.0. The summed E-state index contributed by atoms with van der Waals surface area (Å²) in [5, 5.41) is 3.73. The standard InChI is InChI=1S/C48H57ClF3N5O6S3/c1-35(2)57-21-19-44(36-8-12-39(49)13-9-36)38(32-57)31-55-22-24-56(25-23-55)41-14-10-37(11-15-41)46(58)34-65(59,60)43-16-17-45(47(30-43)66(61,62)48(50,51)52)53-40(18-20-54-26-28-63-29-27-54)33-64-42-6-4-3-5-7-42/h3-17,30,35,40,53H,18-29,31-34H2,1-2H3/t40-/m1/s1. The average Bonchev–Trinajstić information content (AvgIpc) is 3.30. The van der Waals surface area contributed by atoms with E-state index >= 15 is 0 Å². The molecule has 0 aromatic heterocycles. The summed E-state index contributed by atoms with van der Waals surface area (Å²) in [6.07, 6.45) is 1.43. The van der Waals surface area contributed by atoms with Crippen LogP contribution < -0.4 is 10.2 Å². The highest BCUT2D eigenvalue weighted by Gasteiger charge is 2.48. The van der Waals surface area contributed by atoms with Gasteiger partial charge in [-0.3, -0.25) is 19.5 Å². The fourth-order valence-electron chi connectivity index (χ4n) is 8.53. The molecule has 3 aliphatic heterocycles. The molecule has 66 heavy (non-hydrogen) atoms. The molecule has 0 amide bonds. The van der Waals surface area contributed by atoms with Gasteiger partial charge in [-0.15, -0.1) is 11.8 Å². The van der Waals surface area contributed by atoms with Crippen LogP contribution in [0.15, 0.2) is 117 Å². The van der Waals surface area contributed by atoms with Gasteiger partial charge in [-0.1, -0.05) is 41.9 Å². The summed E-state index contributed by atoms with van der Waals surface area (Å²) in [4.78, 5) is 21.8. The zero-order chi connectivity index (χ0) is 47.1. The van der Waals surface area contributed by atoms with Gasteiger partial charge in [0.25, 0.3) is 9.84 Å². The Labute approximate surface area is 396 Å². The molecule has 7 rings (SSSR count). The number of halogens is 4. The van der Waals surface area contributed by atoms with Crippen LogP contribution in [0.2, 0.25) is 5.02 Å². The minimum Gasteiger partial charge on any atom is -0.380 e. The Hall–Kier alpha value is -3.94. The number of sulfone groups is 2. The lowest BCUT2D eigenvalue weighted by atomic mass is 9.92. The monoisotopic (exact) mass is 987 g/mol. The molecule has 2 fully saturated rings. The number of nitrogens with one attached hydrogen (secondary N) is 1. The van der Waals surface area contributed by atoms with Crippen LogP contribution in [-0.4, -0.2) is 145 Å². The lowest BCUT2D eigenvalue weighted by molar-refractivity contribution is -0.0435. The zero-order valence-electron chi connectivity index (χ0n) is 37.2. The number of ketones is 1. The van der Waals surface area contributed by atoms with Gasteiger partial charge < -0.3 is 15.0 Å². The first-order chi connectivity index (χ1) is 31.5. The summed E-state index contributed by atoms with van der Waals surface area (Å²) >= 11 is 7.66. The second-order valence-electron chi connectivity index (χ2n) is 17.2. The zero-order valence-corrected chi connectivity index (χ0v) is 40.4. The smallest absolute Gasteiger partial charge is 0.380 e. The fourth-order valence-corrected chi connectivity index (χ4v) is 11.9. The molecule has 0 radical (unpaired) electrons. The van der Waals surface area contributed by atoms with Crippen LogP contribution in [0.5, 0.6) is 0 Å². The minimum atomic E-state index is -6.03. The summed E-state index contributed by atoms with van der Waals surface area (Å²) in [7, 11) is -10.6. The van der Waals surface area contributed by atoms with Crippen LogP contribution in [0.1, 0.15) is 42.6 Å². The van der Waals surface area contributed by atoms with Crippen molar-refractivity contribution in [1.29, 1.82) is 0 Å². The maximum Gasteiger partial charge on any atom is 0.501 e. The van der Waals surface area contributed by atoms with Crippen molar-refractivity contribution in [2.75, 3.05) is 100 Å². The van der Waals surface area contributed by atoms with Crippen molar-refractivity contribution in [2.45, 2.75) is 59.0 Å². The molecule has 0 unspecified atom stereocenters. The maximum absolute atomic E-state index is 14.2. The number of carbonyl (C=O) groups is 1. The normalized spacial score (nSPS) is 17.9. The number of thioether (sulfide) groups is 1. The van der Waals surface area contributed by atoms with Gasteiger partial charge in [-0.05, 0) is 110 Å². The molecule has 356 valence electrons. The molecule has 3 aliphatic rings. The molecule has 0 bridgehead atoms. The highest BCUT2D eigenvalue weighted by Crippen LogP contribution is 2.37. The van der Waals surface area contributed by atoms with E-state index in [1.165, 1.54) is 28.5 Å². The van der Waals surface area contributed by atoms with Crippen LogP contribution in [0.4, 0.5) is 24.5 Å². The summed E-state index contributed by atoms with van der Waals surface area (Å²) < 4.78 is 102. The predicted octanol–water partition coefficient (Wildman–Crippen LogP) is 8.28. The average molecular weight is 989 g/mol. The molecule has 0 spiro atoms. The van der Waals surface area contributed by atoms with Crippen molar-refractivity contribution in [3.8, 4) is 0 Å². The summed E-state index contributed by atoms with van der Waals surface area (Å²) in [5.74, 6) is -1.46. The highest BCUT2D eigenvalue weighted by molar-refractivity contribution is 7.99. The van der Waals surface area contributed by atoms with Crippen LogP contribution in [0.3, 0.4) is 0 Å².